The highest BCUT2D eigenvalue weighted by Crippen LogP contribution is 2.58. The third-order valence-electron chi connectivity index (χ3n) is 3.43. The third-order valence-corrected chi connectivity index (χ3v) is 3.43. The van der Waals surface area contributed by atoms with Crippen LogP contribution in [0, 0.1) is 17.3 Å². The number of hydrogen-bond acceptors (Lipinski definition) is 2. The molecule has 86 valence electrons. The second kappa shape index (κ2) is 3.83. The number of amides is 1. The third kappa shape index (κ3) is 1.85. The first-order valence-corrected chi connectivity index (χ1v) is 5.39. The number of carboxylic acids is 1. The van der Waals surface area contributed by atoms with Crippen molar-refractivity contribution in [3.63, 3.8) is 0 Å². The number of carboxylic acid groups (broad SMARTS) is 1. The van der Waals surface area contributed by atoms with E-state index in [2.05, 4.69) is 0 Å². The number of carbonyl (C=O) groups is 2. The molecule has 0 aromatic heterocycles. The highest BCUT2D eigenvalue weighted by atomic mass is 16.4. The van der Waals surface area contributed by atoms with Crippen molar-refractivity contribution in [2.45, 2.75) is 27.7 Å². The van der Waals surface area contributed by atoms with Gasteiger partial charge in [-0.05, 0) is 19.3 Å². The molecule has 4 heteroatoms. The Morgan fingerprint density at radius 2 is 1.67 bits per heavy atom. The van der Waals surface area contributed by atoms with Crippen molar-refractivity contribution in [2.24, 2.45) is 17.3 Å². The molecule has 0 radical (unpaired) electrons. The van der Waals surface area contributed by atoms with Gasteiger partial charge in [0.05, 0.1) is 11.8 Å². The molecule has 1 aliphatic carbocycles. The van der Waals surface area contributed by atoms with Crippen molar-refractivity contribution in [3.8, 4) is 0 Å². The maximum atomic E-state index is 12.0. The summed E-state index contributed by atoms with van der Waals surface area (Å²) in [5.41, 5.74) is -0.383. The van der Waals surface area contributed by atoms with E-state index in [9.17, 15) is 9.59 Å². The zero-order valence-corrected chi connectivity index (χ0v) is 9.78. The van der Waals surface area contributed by atoms with E-state index in [-0.39, 0.29) is 17.2 Å². The summed E-state index contributed by atoms with van der Waals surface area (Å²) in [7, 11) is 0. The van der Waals surface area contributed by atoms with Gasteiger partial charge in [0.25, 0.3) is 0 Å². The monoisotopic (exact) mass is 213 g/mol. The molecule has 2 atom stereocenters. The van der Waals surface area contributed by atoms with Crippen LogP contribution < -0.4 is 0 Å². The van der Waals surface area contributed by atoms with Gasteiger partial charge in [0.1, 0.15) is 0 Å². The van der Waals surface area contributed by atoms with Crippen molar-refractivity contribution in [1.82, 2.24) is 4.90 Å². The standard InChI is InChI=1S/C11H19NO3/c1-5-12(6-2)9(13)7-8(10(14)15)11(7,3)4/h7-8H,5-6H2,1-4H3,(H,14,15)/t7-,8-/m0/s1. The zero-order valence-electron chi connectivity index (χ0n) is 9.78. The fraction of sp³-hybridized carbons (Fsp3) is 0.818. The minimum absolute atomic E-state index is 0.0163. The Hall–Kier alpha value is -1.06. The van der Waals surface area contributed by atoms with Gasteiger partial charge in [0, 0.05) is 13.1 Å². The second-order valence-corrected chi connectivity index (χ2v) is 4.63. The van der Waals surface area contributed by atoms with Gasteiger partial charge < -0.3 is 10.0 Å². The number of rotatable bonds is 4. The van der Waals surface area contributed by atoms with Crippen LogP contribution in [0.3, 0.4) is 0 Å². The van der Waals surface area contributed by atoms with Crippen LogP contribution >= 0.6 is 0 Å². The lowest BCUT2D eigenvalue weighted by Gasteiger charge is -2.19. The molecule has 0 aliphatic heterocycles. The average Bonchev–Trinajstić information content (AvgIpc) is 2.71. The van der Waals surface area contributed by atoms with Crippen molar-refractivity contribution in [1.29, 1.82) is 0 Å². The quantitative estimate of drug-likeness (QED) is 0.763. The second-order valence-electron chi connectivity index (χ2n) is 4.63. The molecule has 1 fully saturated rings. The molecular weight excluding hydrogens is 194 g/mol. The van der Waals surface area contributed by atoms with E-state index in [1.165, 1.54) is 0 Å². The van der Waals surface area contributed by atoms with Crippen molar-refractivity contribution >= 4 is 11.9 Å². The van der Waals surface area contributed by atoms with E-state index in [0.29, 0.717) is 13.1 Å². The van der Waals surface area contributed by atoms with Gasteiger partial charge in [0.15, 0.2) is 0 Å². The van der Waals surface area contributed by atoms with Gasteiger partial charge in [-0.2, -0.15) is 0 Å². The van der Waals surface area contributed by atoms with E-state index in [1.807, 2.05) is 27.7 Å². The summed E-state index contributed by atoms with van der Waals surface area (Å²) in [5, 5.41) is 8.96. The molecule has 1 amide bonds. The Balaban J connectivity index is 2.75. The molecule has 4 nitrogen and oxygen atoms in total. The molecule has 0 unspecified atom stereocenters. The Morgan fingerprint density at radius 1 is 1.20 bits per heavy atom. The Bertz CT molecular complexity index is 282. The lowest BCUT2D eigenvalue weighted by molar-refractivity contribution is -0.142. The lowest BCUT2D eigenvalue weighted by atomic mass is 10.1. The van der Waals surface area contributed by atoms with Crippen molar-refractivity contribution < 1.29 is 14.7 Å². The van der Waals surface area contributed by atoms with Gasteiger partial charge >= 0.3 is 5.97 Å². The van der Waals surface area contributed by atoms with Crippen molar-refractivity contribution in [2.75, 3.05) is 13.1 Å². The molecule has 0 saturated heterocycles. The number of carbonyl (C=O) groups excluding carboxylic acids is 1. The summed E-state index contributed by atoms with van der Waals surface area (Å²) >= 11 is 0. The van der Waals surface area contributed by atoms with Gasteiger partial charge in [0.2, 0.25) is 5.91 Å². The van der Waals surface area contributed by atoms with Gasteiger partial charge in [-0.25, -0.2) is 0 Å². The predicted molar refractivity (Wildman–Crippen MR) is 56.3 cm³/mol. The predicted octanol–water partition coefficient (Wildman–Crippen LogP) is 1.21. The van der Waals surface area contributed by atoms with Crippen molar-refractivity contribution in [3.05, 3.63) is 0 Å². The normalized spacial score (nSPS) is 27.2. The smallest absolute Gasteiger partial charge is 0.307 e. The molecule has 1 N–H and O–H groups in total. The van der Waals surface area contributed by atoms with E-state index in [0.717, 1.165) is 0 Å². The van der Waals surface area contributed by atoms with Gasteiger partial charge in [-0.1, -0.05) is 13.8 Å². The molecule has 0 bridgehead atoms. The van der Waals surface area contributed by atoms with E-state index in [4.69, 9.17) is 5.11 Å². The highest BCUT2D eigenvalue weighted by molar-refractivity contribution is 5.91. The van der Waals surface area contributed by atoms with Gasteiger partial charge in [-0.15, -0.1) is 0 Å². The fourth-order valence-corrected chi connectivity index (χ4v) is 2.29. The van der Waals surface area contributed by atoms with Crippen LogP contribution in [0.1, 0.15) is 27.7 Å². The Labute approximate surface area is 90.3 Å². The van der Waals surface area contributed by atoms with E-state index >= 15 is 0 Å². The fourth-order valence-electron chi connectivity index (χ4n) is 2.29. The molecule has 1 saturated carbocycles. The van der Waals surface area contributed by atoms with Crippen LogP contribution in [0.25, 0.3) is 0 Å². The summed E-state index contributed by atoms with van der Waals surface area (Å²) in [4.78, 5) is 24.6. The maximum Gasteiger partial charge on any atom is 0.307 e. The van der Waals surface area contributed by atoms with Crippen LogP contribution in [0.2, 0.25) is 0 Å². The maximum absolute atomic E-state index is 12.0. The minimum atomic E-state index is -0.856. The van der Waals surface area contributed by atoms with Crippen LogP contribution in [0.5, 0.6) is 0 Å². The van der Waals surface area contributed by atoms with Crippen LogP contribution in [0.4, 0.5) is 0 Å². The molecular formula is C11H19NO3. The first-order chi connectivity index (χ1) is 6.87. The lowest BCUT2D eigenvalue weighted by Crippen LogP contribution is -2.33. The molecule has 1 aliphatic rings. The van der Waals surface area contributed by atoms with E-state index in [1.54, 1.807) is 4.90 Å². The first kappa shape index (κ1) is 12.0. The SMILES string of the molecule is CCN(CC)C(=O)[C@@H]1[C@@H](C(=O)O)C1(C)C. The van der Waals surface area contributed by atoms with Crippen LogP contribution in [-0.4, -0.2) is 35.0 Å². The minimum Gasteiger partial charge on any atom is -0.481 e. The average molecular weight is 213 g/mol. The first-order valence-electron chi connectivity index (χ1n) is 5.39. The summed E-state index contributed by atoms with van der Waals surface area (Å²) in [6, 6.07) is 0. The largest absolute Gasteiger partial charge is 0.481 e. The summed E-state index contributed by atoms with van der Waals surface area (Å²) in [6.45, 7) is 8.80. The van der Waals surface area contributed by atoms with Crippen LogP contribution in [0.15, 0.2) is 0 Å². The molecule has 0 spiro atoms. The molecule has 0 aromatic rings. The molecule has 0 aromatic carbocycles. The van der Waals surface area contributed by atoms with Crippen LogP contribution in [-0.2, 0) is 9.59 Å². The zero-order chi connectivity index (χ0) is 11.8. The highest BCUT2D eigenvalue weighted by Gasteiger charge is 2.66. The summed E-state index contributed by atoms with van der Waals surface area (Å²) in [5.74, 6) is -1.72. The molecule has 1 rings (SSSR count). The topological polar surface area (TPSA) is 57.6 Å². The molecule has 15 heavy (non-hydrogen) atoms. The van der Waals surface area contributed by atoms with E-state index < -0.39 is 11.9 Å². The number of aliphatic carboxylic acids is 1. The Morgan fingerprint density at radius 3 is 1.93 bits per heavy atom. The summed E-state index contributed by atoms with van der Waals surface area (Å²) < 4.78 is 0. The molecule has 0 heterocycles. The Kier molecular flexibility index (Phi) is 3.07. The summed E-state index contributed by atoms with van der Waals surface area (Å²) in [6.07, 6.45) is 0. The number of hydrogen-bond donors (Lipinski definition) is 1. The number of nitrogens with zero attached hydrogens (tertiary/aromatic N) is 1. The van der Waals surface area contributed by atoms with Gasteiger partial charge in [-0.3, -0.25) is 9.59 Å².